The number of amides is 1. The van der Waals surface area contributed by atoms with Gasteiger partial charge in [-0.25, -0.2) is 4.79 Å². The fourth-order valence-electron chi connectivity index (χ4n) is 2.75. The number of carbonyl (C=O) groups excluding carboxylic acids is 1. The van der Waals surface area contributed by atoms with Gasteiger partial charge in [-0.3, -0.25) is 9.36 Å². The maximum absolute atomic E-state index is 12.5. The Morgan fingerprint density at radius 1 is 1.13 bits per heavy atom. The van der Waals surface area contributed by atoms with Gasteiger partial charge in [-0.1, -0.05) is 39.8 Å². The second-order valence-corrected chi connectivity index (χ2v) is 6.82. The normalized spacial score (nSPS) is 11.6. The van der Waals surface area contributed by atoms with Gasteiger partial charge in [0.1, 0.15) is 0 Å². The zero-order chi connectivity index (χ0) is 17.0. The topological polar surface area (TPSA) is 55.5 Å². The van der Waals surface area contributed by atoms with Crippen molar-refractivity contribution >= 4 is 17.0 Å². The Bertz CT molecular complexity index is 702. The van der Waals surface area contributed by atoms with E-state index in [9.17, 15) is 9.59 Å². The van der Waals surface area contributed by atoms with E-state index in [1.165, 1.54) is 4.57 Å². The molecule has 0 fully saturated rings. The molecule has 0 saturated heterocycles. The van der Waals surface area contributed by atoms with Crippen molar-refractivity contribution in [2.45, 2.75) is 40.7 Å². The van der Waals surface area contributed by atoms with E-state index in [2.05, 4.69) is 27.7 Å². The lowest BCUT2D eigenvalue weighted by molar-refractivity contribution is -0.132. The van der Waals surface area contributed by atoms with Gasteiger partial charge in [0.2, 0.25) is 5.91 Å². The number of carbonyl (C=O) groups is 1. The molecule has 5 nitrogen and oxygen atoms in total. The van der Waals surface area contributed by atoms with Crippen LogP contribution in [0.4, 0.5) is 0 Å². The van der Waals surface area contributed by atoms with E-state index in [1.54, 1.807) is 6.07 Å². The molecule has 0 aliphatic heterocycles. The van der Waals surface area contributed by atoms with Gasteiger partial charge in [-0.05, 0) is 24.0 Å². The Balaban J connectivity index is 2.09. The molecule has 0 unspecified atom stereocenters. The molecule has 0 atom stereocenters. The smallest absolute Gasteiger partial charge is 0.408 e. The molecule has 0 aliphatic carbocycles. The number of benzene rings is 1. The summed E-state index contributed by atoms with van der Waals surface area (Å²) in [5.41, 5.74) is 1.30. The summed E-state index contributed by atoms with van der Waals surface area (Å²) in [6.45, 7) is 10.3. The molecule has 0 N–H and O–H groups in total. The van der Waals surface area contributed by atoms with Crippen molar-refractivity contribution in [3.8, 4) is 0 Å². The van der Waals surface area contributed by atoms with Gasteiger partial charge >= 0.3 is 5.76 Å². The average Bonchev–Trinajstić information content (AvgIpc) is 2.78. The SMILES string of the molecule is CC(C)CN(CC(C)C)C(=O)CCn1c(=O)oc2ccccc21. The van der Waals surface area contributed by atoms with Crippen molar-refractivity contribution in [1.29, 1.82) is 0 Å². The molecule has 0 spiro atoms. The number of hydrogen-bond acceptors (Lipinski definition) is 3. The molecular formula is C18H26N2O3. The van der Waals surface area contributed by atoms with Crippen molar-refractivity contribution in [3.05, 3.63) is 34.8 Å². The van der Waals surface area contributed by atoms with Crippen LogP contribution in [0.5, 0.6) is 0 Å². The van der Waals surface area contributed by atoms with Crippen LogP contribution in [0.2, 0.25) is 0 Å². The summed E-state index contributed by atoms with van der Waals surface area (Å²) in [7, 11) is 0. The Hall–Kier alpha value is -2.04. The summed E-state index contributed by atoms with van der Waals surface area (Å²) in [5, 5.41) is 0. The van der Waals surface area contributed by atoms with Gasteiger partial charge in [0.25, 0.3) is 0 Å². The van der Waals surface area contributed by atoms with Gasteiger partial charge in [0, 0.05) is 26.1 Å². The zero-order valence-electron chi connectivity index (χ0n) is 14.4. The summed E-state index contributed by atoms with van der Waals surface area (Å²) in [4.78, 5) is 26.4. The third-order valence-electron chi connectivity index (χ3n) is 3.65. The summed E-state index contributed by atoms with van der Waals surface area (Å²) in [5.74, 6) is 0.535. The van der Waals surface area contributed by atoms with Crippen LogP contribution in [-0.4, -0.2) is 28.5 Å². The minimum atomic E-state index is -0.404. The van der Waals surface area contributed by atoms with E-state index >= 15 is 0 Å². The predicted molar refractivity (Wildman–Crippen MR) is 91.3 cm³/mol. The monoisotopic (exact) mass is 318 g/mol. The number of nitrogens with zero attached hydrogens (tertiary/aromatic N) is 2. The number of oxazole rings is 1. The Morgan fingerprint density at radius 2 is 1.74 bits per heavy atom. The summed E-state index contributed by atoms with van der Waals surface area (Å²) in [6.07, 6.45) is 0.308. The van der Waals surface area contributed by atoms with Crippen molar-refractivity contribution < 1.29 is 9.21 Å². The standard InChI is InChI=1S/C18H26N2O3/c1-13(2)11-19(12-14(3)4)17(21)9-10-20-15-7-5-6-8-16(15)23-18(20)22/h5-8,13-14H,9-12H2,1-4H3. The molecule has 0 bridgehead atoms. The minimum absolute atomic E-state index is 0.0876. The van der Waals surface area contributed by atoms with Crippen LogP contribution in [-0.2, 0) is 11.3 Å². The van der Waals surface area contributed by atoms with Crippen LogP contribution >= 0.6 is 0 Å². The van der Waals surface area contributed by atoms with Gasteiger partial charge in [-0.2, -0.15) is 0 Å². The second-order valence-electron chi connectivity index (χ2n) is 6.82. The summed E-state index contributed by atoms with van der Waals surface area (Å²) in [6, 6.07) is 7.29. The molecule has 0 saturated carbocycles. The van der Waals surface area contributed by atoms with Crippen LogP contribution in [0.1, 0.15) is 34.1 Å². The van der Waals surface area contributed by atoms with Crippen molar-refractivity contribution in [3.63, 3.8) is 0 Å². The summed E-state index contributed by atoms with van der Waals surface area (Å²) < 4.78 is 6.74. The Labute approximate surface area is 136 Å². The maximum atomic E-state index is 12.5. The molecule has 0 radical (unpaired) electrons. The lowest BCUT2D eigenvalue weighted by Gasteiger charge is -2.26. The van der Waals surface area contributed by atoms with Gasteiger partial charge in [0.15, 0.2) is 5.58 Å². The maximum Gasteiger partial charge on any atom is 0.419 e. The highest BCUT2D eigenvalue weighted by Gasteiger charge is 2.17. The fraction of sp³-hybridized carbons (Fsp3) is 0.556. The first-order valence-corrected chi connectivity index (χ1v) is 8.24. The zero-order valence-corrected chi connectivity index (χ0v) is 14.4. The largest absolute Gasteiger partial charge is 0.419 e. The number of hydrogen-bond donors (Lipinski definition) is 0. The molecular weight excluding hydrogens is 292 g/mol. The Morgan fingerprint density at radius 3 is 2.35 bits per heavy atom. The minimum Gasteiger partial charge on any atom is -0.408 e. The van der Waals surface area contributed by atoms with Crippen LogP contribution in [0.3, 0.4) is 0 Å². The van der Waals surface area contributed by atoms with Crippen LogP contribution < -0.4 is 5.76 Å². The van der Waals surface area contributed by atoms with E-state index < -0.39 is 5.76 Å². The van der Waals surface area contributed by atoms with Crippen LogP contribution in [0.25, 0.3) is 11.1 Å². The van der Waals surface area contributed by atoms with E-state index in [1.807, 2.05) is 23.1 Å². The molecule has 1 aromatic carbocycles. The molecule has 1 amide bonds. The second kappa shape index (κ2) is 7.49. The molecule has 0 aliphatic rings. The Kier molecular flexibility index (Phi) is 5.64. The lowest BCUT2D eigenvalue weighted by atomic mass is 10.1. The number of aromatic nitrogens is 1. The van der Waals surface area contributed by atoms with E-state index in [0.717, 1.165) is 18.6 Å². The highest BCUT2D eigenvalue weighted by atomic mass is 16.4. The van der Waals surface area contributed by atoms with Crippen LogP contribution in [0, 0.1) is 11.8 Å². The van der Waals surface area contributed by atoms with Crippen molar-refractivity contribution in [1.82, 2.24) is 9.47 Å². The third kappa shape index (κ3) is 4.47. The van der Waals surface area contributed by atoms with E-state index in [0.29, 0.717) is 30.4 Å². The molecule has 2 aromatic rings. The highest BCUT2D eigenvalue weighted by molar-refractivity contribution is 5.77. The van der Waals surface area contributed by atoms with E-state index in [-0.39, 0.29) is 5.91 Å². The first-order chi connectivity index (χ1) is 10.9. The predicted octanol–water partition coefficient (Wildman–Crippen LogP) is 3.13. The third-order valence-corrected chi connectivity index (χ3v) is 3.65. The number of rotatable bonds is 7. The molecule has 1 aromatic heterocycles. The average molecular weight is 318 g/mol. The molecule has 23 heavy (non-hydrogen) atoms. The molecule has 1 heterocycles. The van der Waals surface area contributed by atoms with Gasteiger partial charge in [0.05, 0.1) is 5.52 Å². The lowest BCUT2D eigenvalue weighted by Crippen LogP contribution is -2.37. The first-order valence-electron chi connectivity index (χ1n) is 8.24. The highest BCUT2D eigenvalue weighted by Crippen LogP contribution is 2.13. The molecule has 5 heteroatoms. The quantitative estimate of drug-likeness (QED) is 0.788. The molecule has 2 rings (SSSR count). The number of para-hydroxylation sites is 2. The van der Waals surface area contributed by atoms with Gasteiger partial charge in [-0.15, -0.1) is 0 Å². The first kappa shape index (κ1) is 17.3. The molecule has 126 valence electrons. The fourth-order valence-corrected chi connectivity index (χ4v) is 2.75. The van der Waals surface area contributed by atoms with Gasteiger partial charge < -0.3 is 9.32 Å². The van der Waals surface area contributed by atoms with Crippen molar-refractivity contribution in [2.24, 2.45) is 11.8 Å². The van der Waals surface area contributed by atoms with E-state index in [4.69, 9.17) is 4.42 Å². The number of aryl methyl sites for hydroxylation is 1. The van der Waals surface area contributed by atoms with Crippen LogP contribution in [0.15, 0.2) is 33.5 Å². The van der Waals surface area contributed by atoms with Crippen molar-refractivity contribution in [2.75, 3.05) is 13.1 Å². The number of fused-ring (bicyclic) bond motifs is 1. The summed E-state index contributed by atoms with van der Waals surface area (Å²) >= 11 is 0.